The van der Waals surface area contributed by atoms with Gasteiger partial charge in [-0.1, -0.05) is 24.3 Å². The average Bonchev–Trinajstić information content (AvgIpc) is 2.59. The van der Waals surface area contributed by atoms with E-state index in [-0.39, 0.29) is 24.8 Å². The maximum absolute atomic E-state index is 12.4. The van der Waals surface area contributed by atoms with E-state index in [0.717, 1.165) is 6.07 Å². The number of hydrogen-bond donors (Lipinski definition) is 3. The summed E-state index contributed by atoms with van der Waals surface area (Å²) >= 11 is 0. The Hall–Kier alpha value is -3.43. The third-order valence-electron chi connectivity index (χ3n) is 3.09. The number of benzene rings is 2. The van der Waals surface area contributed by atoms with Gasteiger partial charge in [-0.3, -0.25) is 4.79 Å². The Morgan fingerprint density at radius 1 is 1.11 bits per heavy atom. The standard InChI is InChI=1S/C17H17F3N4O3/c18-17(19,20)27-14-7-2-1-6-13(14)24-16(22)23-9-11-4-3-5-12(8-11)26-10-15(21)25/h1-8H,9-10H2,(H2,21,25)(H3,22,23,24). The predicted molar refractivity (Wildman–Crippen MR) is 93.2 cm³/mol. The van der Waals surface area contributed by atoms with Crippen molar-refractivity contribution in [1.82, 2.24) is 0 Å². The minimum absolute atomic E-state index is 0.0228. The number of halogens is 3. The van der Waals surface area contributed by atoms with Gasteiger partial charge in [-0.15, -0.1) is 13.2 Å². The fourth-order valence-electron chi connectivity index (χ4n) is 2.03. The molecule has 0 spiro atoms. The van der Waals surface area contributed by atoms with Crippen molar-refractivity contribution in [2.45, 2.75) is 12.9 Å². The number of hydrogen-bond acceptors (Lipinski definition) is 4. The zero-order chi connectivity index (χ0) is 19.9. The van der Waals surface area contributed by atoms with Crippen molar-refractivity contribution in [3.8, 4) is 11.5 Å². The summed E-state index contributed by atoms with van der Waals surface area (Å²) in [5.74, 6) is -0.703. The number of anilines is 1. The lowest BCUT2D eigenvalue weighted by atomic mass is 10.2. The maximum Gasteiger partial charge on any atom is 0.573 e. The van der Waals surface area contributed by atoms with Gasteiger partial charge in [0.05, 0.1) is 12.2 Å². The monoisotopic (exact) mass is 382 g/mol. The number of carbonyl (C=O) groups excluding carboxylic acids is 1. The smallest absolute Gasteiger partial charge is 0.484 e. The Morgan fingerprint density at radius 2 is 1.85 bits per heavy atom. The summed E-state index contributed by atoms with van der Waals surface area (Å²) in [4.78, 5) is 14.8. The highest BCUT2D eigenvalue weighted by Gasteiger charge is 2.32. The van der Waals surface area contributed by atoms with Gasteiger partial charge in [-0.25, -0.2) is 4.99 Å². The zero-order valence-electron chi connectivity index (χ0n) is 14.0. The first-order valence-electron chi connectivity index (χ1n) is 7.65. The molecule has 0 bridgehead atoms. The molecule has 0 saturated heterocycles. The van der Waals surface area contributed by atoms with E-state index in [2.05, 4.69) is 15.0 Å². The van der Waals surface area contributed by atoms with Gasteiger partial charge >= 0.3 is 6.36 Å². The van der Waals surface area contributed by atoms with E-state index in [0.29, 0.717) is 11.3 Å². The Labute approximate surface area is 152 Å². The zero-order valence-corrected chi connectivity index (χ0v) is 14.0. The van der Waals surface area contributed by atoms with E-state index in [1.165, 1.54) is 18.2 Å². The second-order valence-corrected chi connectivity index (χ2v) is 5.27. The highest BCUT2D eigenvalue weighted by Crippen LogP contribution is 2.29. The van der Waals surface area contributed by atoms with E-state index in [9.17, 15) is 18.0 Å². The van der Waals surface area contributed by atoms with Crippen molar-refractivity contribution < 1.29 is 27.4 Å². The number of carbonyl (C=O) groups is 1. The topological polar surface area (TPSA) is 112 Å². The Kier molecular flexibility index (Phi) is 6.47. The second kappa shape index (κ2) is 8.79. The lowest BCUT2D eigenvalue weighted by Crippen LogP contribution is -2.24. The summed E-state index contributed by atoms with van der Waals surface area (Å²) < 4.78 is 46.4. The van der Waals surface area contributed by atoms with Crippen LogP contribution in [-0.2, 0) is 11.3 Å². The Balaban J connectivity index is 2.03. The summed E-state index contributed by atoms with van der Waals surface area (Å²) in [6, 6.07) is 12.2. The fraction of sp³-hybridized carbons (Fsp3) is 0.176. The molecule has 0 saturated carbocycles. The third kappa shape index (κ3) is 7.14. The first-order chi connectivity index (χ1) is 12.7. The van der Waals surface area contributed by atoms with Gasteiger partial charge in [0.15, 0.2) is 18.3 Å². The summed E-state index contributed by atoms with van der Waals surface area (Å²) in [5.41, 5.74) is 11.5. The van der Waals surface area contributed by atoms with E-state index in [1.807, 2.05) is 0 Å². The molecular formula is C17H17F3N4O3. The Bertz CT molecular complexity index is 825. The number of nitrogens with zero attached hydrogens (tertiary/aromatic N) is 1. The maximum atomic E-state index is 12.4. The number of nitrogens with one attached hydrogen (secondary N) is 1. The van der Waals surface area contributed by atoms with Crippen LogP contribution in [0.3, 0.4) is 0 Å². The van der Waals surface area contributed by atoms with Crippen LogP contribution in [0.5, 0.6) is 11.5 Å². The predicted octanol–water partition coefficient (Wildman–Crippen LogP) is 2.38. The molecule has 0 aromatic heterocycles. The number of rotatable bonds is 7. The summed E-state index contributed by atoms with van der Waals surface area (Å²) in [6.07, 6.45) is -4.82. The van der Waals surface area contributed by atoms with Crippen LogP contribution in [0.15, 0.2) is 53.5 Å². The number of ether oxygens (including phenoxy) is 2. The number of amides is 1. The van der Waals surface area contributed by atoms with E-state index in [1.54, 1.807) is 24.3 Å². The van der Waals surface area contributed by atoms with Gasteiger partial charge in [-0.2, -0.15) is 0 Å². The van der Waals surface area contributed by atoms with Crippen LogP contribution >= 0.6 is 0 Å². The molecule has 0 aliphatic rings. The molecule has 27 heavy (non-hydrogen) atoms. The molecular weight excluding hydrogens is 365 g/mol. The minimum Gasteiger partial charge on any atom is -0.484 e. The van der Waals surface area contributed by atoms with Crippen LogP contribution in [0.4, 0.5) is 18.9 Å². The molecule has 2 aromatic rings. The van der Waals surface area contributed by atoms with E-state index >= 15 is 0 Å². The summed E-state index contributed by atoms with van der Waals surface area (Å²) in [7, 11) is 0. The number of primary amides is 1. The van der Waals surface area contributed by atoms with Gasteiger partial charge in [-0.05, 0) is 29.8 Å². The molecule has 2 rings (SSSR count). The molecule has 0 aliphatic carbocycles. The van der Waals surface area contributed by atoms with Crippen molar-refractivity contribution in [3.05, 3.63) is 54.1 Å². The molecule has 0 fully saturated rings. The fourth-order valence-corrected chi connectivity index (χ4v) is 2.03. The van der Waals surface area contributed by atoms with Crippen LogP contribution in [0, 0.1) is 0 Å². The molecule has 2 aromatic carbocycles. The van der Waals surface area contributed by atoms with Crippen molar-refractivity contribution >= 4 is 17.6 Å². The number of alkyl halides is 3. The van der Waals surface area contributed by atoms with Crippen molar-refractivity contribution in [1.29, 1.82) is 0 Å². The second-order valence-electron chi connectivity index (χ2n) is 5.27. The average molecular weight is 382 g/mol. The van der Waals surface area contributed by atoms with Crippen molar-refractivity contribution in [2.75, 3.05) is 11.9 Å². The van der Waals surface area contributed by atoms with E-state index < -0.39 is 18.0 Å². The van der Waals surface area contributed by atoms with Crippen molar-refractivity contribution in [2.24, 2.45) is 16.5 Å². The summed E-state index contributed by atoms with van der Waals surface area (Å²) in [5, 5.41) is 2.57. The molecule has 0 radical (unpaired) electrons. The third-order valence-corrected chi connectivity index (χ3v) is 3.09. The summed E-state index contributed by atoms with van der Waals surface area (Å²) in [6.45, 7) is -0.124. The SMILES string of the molecule is NC(=O)COc1cccc(CN=C(N)Nc2ccccc2OC(F)(F)F)c1. The minimum atomic E-state index is -4.82. The van der Waals surface area contributed by atoms with Gasteiger partial charge < -0.3 is 26.3 Å². The van der Waals surface area contributed by atoms with Gasteiger partial charge in [0.2, 0.25) is 0 Å². The van der Waals surface area contributed by atoms with Crippen LogP contribution in [-0.4, -0.2) is 24.8 Å². The highest BCUT2D eigenvalue weighted by atomic mass is 19.4. The normalized spacial score (nSPS) is 11.7. The van der Waals surface area contributed by atoms with Crippen LogP contribution < -0.4 is 26.3 Å². The molecule has 10 heteroatoms. The molecule has 0 unspecified atom stereocenters. The van der Waals surface area contributed by atoms with Crippen LogP contribution in [0.25, 0.3) is 0 Å². The largest absolute Gasteiger partial charge is 0.573 e. The van der Waals surface area contributed by atoms with Crippen LogP contribution in [0.1, 0.15) is 5.56 Å². The lowest BCUT2D eigenvalue weighted by Gasteiger charge is -2.14. The van der Waals surface area contributed by atoms with Gasteiger partial charge in [0.1, 0.15) is 5.75 Å². The highest BCUT2D eigenvalue weighted by molar-refractivity contribution is 5.93. The molecule has 0 aliphatic heterocycles. The number of guanidine groups is 1. The first kappa shape index (κ1) is 19.9. The molecule has 5 N–H and O–H groups in total. The van der Waals surface area contributed by atoms with E-state index in [4.69, 9.17) is 16.2 Å². The number of aliphatic imine (C=N–C) groups is 1. The molecule has 144 valence electrons. The van der Waals surface area contributed by atoms with Gasteiger partial charge in [0, 0.05) is 0 Å². The van der Waals surface area contributed by atoms with Crippen molar-refractivity contribution in [3.63, 3.8) is 0 Å². The molecule has 0 heterocycles. The van der Waals surface area contributed by atoms with Crippen LogP contribution in [0.2, 0.25) is 0 Å². The molecule has 0 atom stereocenters. The number of nitrogens with two attached hydrogens (primary N) is 2. The molecule has 1 amide bonds. The van der Waals surface area contributed by atoms with Gasteiger partial charge in [0.25, 0.3) is 5.91 Å². The lowest BCUT2D eigenvalue weighted by molar-refractivity contribution is -0.274. The first-order valence-corrected chi connectivity index (χ1v) is 7.65. The Morgan fingerprint density at radius 3 is 2.56 bits per heavy atom. The molecule has 7 nitrogen and oxygen atoms in total. The number of para-hydroxylation sites is 2. The quantitative estimate of drug-likeness (QED) is 0.503.